The minimum Gasteiger partial charge on any atom is -0.370 e. The Bertz CT molecular complexity index is 1180. The summed E-state index contributed by atoms with van der Waals surface area (Å²) < 4.78 is 4.30. The fourth-order valence-electron chi connectivity index (χ4n) is 5.08. The van der Waals surface area contributed by atoms with E-state index in [-0.39, 0.29) is 11.9 Å². The number of likely N-dealkylation sites (tertiary alicyclic amines) is 1. The number of hydrogen-bond acceptors (Lipinski definition) is 7. The molecule has 0 spiro atoms. The standard InChI is InChI=1S/C22H26N8OS/c1-12(2)19-26-21(32-28-19)27-22(31)30-10-13-6-16(7-14(13)11-30)29(3)18-15(8-23)9-25-20-17(18)4-5-24-20/h4-5,9,12-14,16H,6-7,10-11H2,1-3H3,(H,24,25)(H,26,27,28,31)/t13-,14+,16+. The van der Waals surface area contributed by atoms with E-state index in [4.69, 9.17) is 0 Å². The van der Waals surface area contributed by atoms with Crippen molar-refractivity contribution in [1.29, 1.82) is 5.26 Å². The van der Waals surface area contributed by atoms with Crippen molar-refractivity contribution < 1.29 is 4.79 Å². The number of amides is 2. The maximum absolute atomic E-state index is 12.8. The first-order valence-corrected chi connectivity index (χ1v) is 11.7. The second-order valence-electron chi connectivity index (χ2n) is 9.08. The van der Waals surface area contributed by atoms with E-state index in [9.17, 15) is 10.1 Å². The number of nitrogens with zero attached hydrogens (tertiary/aromatic N) is 6. The maximum atomic E-state index is 12.8. The number of nitrogens with one attached hydrogen (secondary N) is 2. The molecule has 5 rings (SSSR count). The van der Waals surface area contributed by atoms with E-state index in [2.05, 4.69) is 42.7 Å². The van der Waals surface area contributed by atoms with E-state index >= 15 is 0 Å². The summed E-state index contributed by atoms with van der Waals surface area (Å²) in [6.07, 6.45) is 5.50. The zero-order valence-electron chi connectivity index (χ0n) is 18.4. The van der Waals surface area contributed by atoms with Crippen molar-refractivity contribution in [2.75, 3.05) is 30.4 Å². The number of aromatic amines is 1. The van der Waals surface area contributed by atoms with Gasteiger partial charge in [-0.15, -0.1) is 0 Å². The van der Waals surface area contributed by atoms with Crippen LogP contribution in [0.2, 0.25) is 0 Å². The third-order valence-electron chi connectivity index (χ3n) is 6.76. The Morgan fingerprint density at radius 2 is 2.12 bits per heavy atom. The molecule has 0 bridgehead atoms. The highest BCUT2D eigenvalue weighted by atomic mass is 32.1. The summed E-state index contributed by atoms with van der Waals surface area (Å²) in [6, 6.07) is 4.52. The highest BCUT2D eigenvalue weighted by molar-refractivity contribution is 7.09. The quantitative estimate of drug-likeness (QED) is 0.625. The van der Waals surface area contributed by atoms with Crippen LogP contribution >= 0.6 is 11.5 Å². The second kappa shape index (κ2) is 8.06. The van der Waals surface area contributed by atoms with Crippen molar-refractivity contribution in [2.24, 2.45) is 11.8 Å². The summed E-state index contributed by atoms with van der Waals surface area (Å²) in [6.45, 7) is 5.57. The van der Waals surface area contributed by atoms with Crippen LogP contribution in [0, 0.1) is 23.2 Å². The van der Waals surface area contributed by atoms with E-state index < -0.39 is 0 Å². The number of fused-ring (bicyclic) bond motifs is 2. The van der Waals surface area contributed by atoms with E-state index in [0.717, 1.165) is 48.5 Å². The monoisotopic (exact) mass is 450 g/mol. The zero-order chi connectivity index (χ0) is 22.4. The van der Waals surface area contributed by atoms with Gasteiger partial charge in [0.25, 0.3) is 0 Å². The lowest BCUT2D eigenvalue weighted by Gasteiger charge is -2.29. The minimum atomic E-state index is -0.0920. The van der Waals surface area contributed by atoms with Crippen molar-refractivity contribution >= 4 is 39.4 Å². The molecule has 9 nitrogen and oxygen atoms in total. The number of anilines is 2. The molecule has 0 aromatic carbocycles. The molecule has 3 aromatic rings. The Labute approximate surface area is 190 Å². The summed E-state index contributed by atoms with van der Waals surface area (Å²) in [5.41, 5.74) is 2.33. The number of aromatic nitrogens is 4. The summed E-state index contributed by atoms with van der Waals surface area (Å²) >= 11 is 1.23. The van der Waals surface area contributed by atoms with Crippen LogP contribution in [0.1, 0.15) is 44.0 Å². The summed E-state index contributed by atoms with van der Waals surface area (Å²) in [7, 11) is 2.07. The molecule has 1 aliphatic heterocycles. The molecule has 2 fully saturated rings. The Hall–Kier alpha value is -3.19. The first kappa shape index (κ1) is 20.7. The molecular weight excluding hydrogens is 424 g/mol. The predicted octanol–water partition coefficient (Wildman–Crippen LogP) is 3.79. The fraction of sp³-hybridized carbons (Fsp3) is 0.500. The van der Waals surface area contributed by atoms with Gasteiger partial charge in [-0.3, -0.25) is 5.32 Å². The van der Waals surface area contributed by atoms with Crippen LogP contribution in [-0.2, 0) is 0 Å². The topological polar surface area (TPSA) is 114 Å². The highest BCUT2D eigenvalue weighted by Gasteiger charge is 2.44. The molecule has 1 saturated carbocycles. The van der Waals surface area contributed by atoms with Gasteiger partial charge < -0.3 is 14.8 Å². The van der Waals surface area contributed by atoms with Gasteiger partial charge >= 0.3 is 6.03 Å². The molecule has 166 valence electrons. The number of carbonyl (C=O) groups excluding carboxylic acids is 1. The van der Waals surface area contributed by atoms with Crippen molar-refractivity contribution in [3.8, 4) is 6.07 Å². The van der Waals surface area contributed by atoms with Gasteiger partial charge in [0, 0.05) is 61.4 Å². The van der Waals surface area contributed by atoms with Crippen LogP contribution in [0.5, 0.6) is 0 Å². The number of carbonyl (C=O) groups is 1. The molecular formula is C22H26N8OS. The number of pyridine rings is 1. The minimum absolute atomic E-state index is 0.0920. The van der Waals surface area contributed by atoms with Crippen molar-refractivity contribution in [3.63, 3.8) is 0 Å². The maximum Gasteiger partial charge on any atom is 0.323 e. The van der Waals surface area contributed by atoms with Crippen LogP contribution in [0.15, 0.2) is 18.5 Å². The van der Waals surface area contributed by atoms with Crippen LogP contribution in [0.3, 0.4) is 0 Å². The number of hydrogen-bond donors (Lipinski definition) is 2. The average Bonchev–Trinajstić information content (AvgIpc) is 3.54. The number of H-pyrrole nitrogens is 1. The van der Waals surface area contributed by atoms with E-state index in [0.29, 0.717) is 28.6 Å². The van der Waals surface area contributed by atoms with E-state index in [1.807, 2.05) is 31.0 Å². The van der Waals surface area contributed by atoms with Crippen LogP contribution in [-0.4, -0.2) is 56.4 Å². The lowest BCUT2D eigenvalue weighted by Crippen LogP contribution is -2.36. The molecule has 3 aromatic heterocycles. The smallest absolute Gasteiger partial charge is 0.323 e. The van der Waals surface area contributed by atoms with Gasteiger partial charge in [-0.05, 0) is 30.7 Å². The normalized spacial score (nSPS) is 22.3. The molecule has 2 aliphatic rings. The Morgan fingerprint density at radius 3 is 2.78 bits per heavy atom. The van der Waals surface area contributed by atoms with Gasteiger partial charge in [0.1, 0.15) is 17.5 Å². The highest BCUT2D eigenvalue weighted by Crippen LogP contribution is 2.42. The number of rotatable bonds is 4. The van der Waals surface area contributed by atoms with Crippen LogP contribution in [0.4, 0.5) is 15.6 Å². The molecule has 4 heterocycles. The van der Waals surface area contributed by atoms with E-state index in [1.165, 1.54) is 11.5 Å². The first-order valence-electron chi connectivity index (χ1n) is 10.9. The third-order valence-corrected chi connectivity index (χ3v) is 7.41. The first-order chi connectivity index (χ1) is 15.4. The van der Waals surface area contributed by atoms with Crippen molar-refractivity contribution in [2.45, 2.75) is 38.6 Å². The lowest BCUT2D eigenvalue weighted by molar-refractivity contribution is 0.218. The summed E-state index contributed by atoms with van der Waals surface area (Å²) in [5, 5.41) is 14.1. The van der Waals surface area contributed by atoms with Gasteiger partial charge in [0.2, 0.25) is 5.13 Å². The Balaban J connectivity index is 1.25. The van der Waals surface area contributed by atoms with Gasteiger partial charge in [-0.25, -0.2) is 14.8 Å². The number of urea groups is 1. The van der Waals surface area contributed by atoms with Gasteiger partial charge in [0.05, 0.1) is 11.3 Å². The fourth-order valence-corrected chi connectivity index (χ4v) is 5.78. The van der Waals surface area contributed by atoms with Crippen LogP contribution < -0.4 is 10.2 Å². The molecule has 0 unspecified atom stereocenters. The lowest BCUT2D eigenvalue weighted by atomic mass is 10.0. The Morgan fingerprint density at radius 1 is 1.38 bits per heavy atom. The Kier molecular flexibility index (Phi) is 5.21. The third kappa shape index (κ3) is 3.56. The molecule has 10 heteroatoms. The molecule has 3 atom stereocenters. The second-order valence-corrected chi connectivity index (χ2v) is 9.83. The molecule has 32 heavy (non-hydrogen) atoms. The summed E-state index contributed by atoms with van der Waals surface area (Å²) in [4.78, 5) is 28.8. The molecule has 2 amide bonds. The van der Waals surface area contributed by atoms with Crippen LogP contribution in [0.25, 0.3) is 11.0 Å². The van der Waals surface area contributed by atoms with Crippen molar-refractivity contribution in [3.05, 3.63) is 29.8 Å². The summed E-state index contributed by atoms with van der Waals surface area (Å²) in [5.74, 6) is 1.93. The average molecular weight is 451 g/mol. The number of nitriles is 1. The van der Waals surface area contributed by atoms with Gasteiger partial charge in [0.15, 0.2) is 0 Å². The van der Waals surface area contributed by atoms with Crippen molar-refractivity contribution in [1.82, 2.24) is 24.2 Å². The van der Waals surface area contributed by atoms with E-state index in [1.54, 1.807) is 6.20 Å². The molecule has 0 radical (unpaired) electrons. The molecule has 1 saturated heterocycles. The van der Waals surface area contributed by atoms with Gasteiger partial charge in [-0.1, -0.05) is 13.8 Å². The zero-order valence-corrected chi connectivity index (χ0v) is 19.2. The predicted molar refractivity (Wildman–Crippen MR) is 124 cm³/mol. The largest absolute Gasteiger partial charge is 0.370 e. The van der Waals surface area contributed by atoms with Gasteiger partial charge in [-0.2, -0.15) is 9.64 Å². The SMILES string of the molecule is CC(C)c1nsc(NC(=O)N2C[C@H]3C[C@H](N(C)c4c(C#N)cnc5[nH]ccc45)C[C@H]3C2)n1. The molecule has 2 N–H and O–H groups in total. The molecule has 1 aliphatic carbocycles.